The number of benzene rings is 1. The minimum absolute atomic E-state index is 0.113. The normalized spacial score (nSPS) is 11.2. The average Bonchev–Trinajstić information content (AvgIpc) is 2.64. The largest absolute Gasteiger partial charge is 0.496 e. The van der Waals surface area contributed by atoms with Crippen LogP contribution in [0.25, 0.3) is 11.0 Å². The molecule has 0 aliphatic rings. The summed E-state index contributed by atoms with van der Waals surface area (Å²) >= 11 is 0. The highest BCUT2D eigenvalue weighted by molar-refractivity contribution is 5.80. The zero-order valence-corrected chi connectivity index (χ0v) is 16.0. The Morgan fingerprint density at radius 1 is 0.920 bits per heavy atom. The molecule has 0 aliphatic heterocycles. The molecule has 138 valence electrons. The van der Waals surface area contributed by atoms with Crippen molar-refractivity contribution in [2.75, 3.05) is 7.11 Å². The summed E-state index contributed by atoms with van der Waals surface area (Å²) in [5.74, 6) is 0.786. The SMILES string of the molecule is CCCCCCCCCCc1coc2cc(OC)c(CC)cc2c1=O. The maximum Gasteiger partial charge on any atom is 0.195 e. The Bertz CT molecular complexity index is 715. The quantitative estimate of drug-likeness (QED) is 0.466. The molecule has 0 atom stereocenters. The Kier molecular flexibility index (Phi) is 8.03. The standard InChI is InChI=1S/C22H32O3/c1-4-6-7-8-9-10-11-12-13-18-16-25-21-15-20(24-3)17(5-2)14-19(21)22(18)23/h14-16H,4-13H2,1-3H3. The second-order valence-corrected chi connectivity index (χ2v) is 6.83. The first-order chi connectivity index (χ1) is 12.2. The molecule has 0 spiro atoms. The molecular weight excluding hydrogens is 312 g/mol. The van der Waals surface area contributed by atoms with E-state index in [0.717, 1.165) is 36.1 Å². The second kappa shape index (κ2) is 10.3. The zero-order valence-electron chi connectivity index (χ0n) is 16.0. The molecular formula is C22H32O3. The van der Waals surface area contributed by atoms with Gasteiger partial charge in [-0.05, 0) is 30.9 Å². The van der Waals surface area contributed by atoms with Gasteiger partial charge in [-0.25, -0.2) is 0 Å². The highest BCUT2D eigenvalue weighted by Gasteiger charge is 2.11. The minimum Gasteiger partial charge on any atom is -0.496 e. The maximum absolute atomic E-state index is 12.7. The van der Waals surface area contributed by atoms with Crippen LogP contribution >= 0.6 is 0 Å². The van der Waals surface area contributed by atoms with E-state index in [2.05, 4.69) is 13.8 Å². The van der Waals surface area contributed by atoms with Crippen molar-refractivity contribution in [1.82, 2.24) is 0 Å². The first-order valence-corrected chi connectivity index (χ1v) is 9.82. The van der Waals surface area contributed by atoms with Crippen molar-refractivity contribution in [1.29, 1.82) is 0 Å². The van der Waals surface area contributed by atoms with Gasteiger partial charge in [0.05, 0.1) is 18.8 Å². The summed E-state index contributed by atoms with van der Waals surface area (Å²) in [6.07, 6.45) is 13.4. The highest BCUT2D eigenvalue weighted by atomic mass is 16.5. The molecule has 3 heteroatoms. The van der Waals surface area contributed by atoms with Gasteiger partial charge in [0.1, 0.15) is 11.3 Å². The molecule has 0 aliphatic carbocycles. The van der Waals surface area contributed by atoms with E-state index in [1.165, 1.54) is 44.9 Å². The number of hydrogen-bond acceptors (Lipinski definition) is 3. The molecule has 0 saturated carbocycles. The molecule has 2 aromatic rings. The van der Waals surface area contributed by atoms with E-state index >= 15 is 0 Å². The van der Waals surface area contributed by atoms with Crippen LogP contribution in [0.1, 0.15) is 76.3 Å². The fourth-order valence-corrected chi connectivity index (χ4v) is 3.33. The van der Waals surface area contributed by atoms with Crippen LogP contribution in [0.4, 0.5) is 0 Å². The van der Waals surface area contributed by atoms with Crippen molar-refractivity contribution in [3.63, 3.8) is 0 Å². The van der Waals surface area contributed by atoms with Gasteiger partial charge in [-0.1, -0.05) is 58.8 Å². The molecule has 0 bridgehead atoms. The van der Waals surface area contributed by atoms with E-state index in [0.29, 0.717) is 11.0 Å². The topological polar surface area (TPSA) is 39.4 Å². The lowest BCUT2D eigenvalue weighted by Gasteiger charge is -2.09. The monoisotopic (exact) mass is 344 g/mol. The number of hydrogen-bond donors (Lipinski definition) is 0. The van der Waals surface area contributed by atoms with Gasteiger partial charge in [-0.3, -0.25) is 4.79 Å². The van der Waals surface area contributed by atoms with E-state index in [9.17, 15) is 4.79 Å². The van der Waals surface area contributed by atoms with Gasteiger partial charge in [-0.2, -0.15) is 0 Å². The number of fused-ring (bicyclic) bond motifs is 1. The fraction of sp³-hybridized carbons (Fsp3) is 0.591. The van der Waals surface area contributed by atoms with Crippen molar-refractivity contribution in [2.45, 2.75) is 78.1 Å². The molecule has 1 aromatic carbocycles. The summed E-state index contributed by atoms with van der Waals surface area (Å²) in [6, 6.07) is 3.76. The van der Waals surface area contributed by atoms with Crippen molar-refractivity contribution in [3.8, 4) is 5.75 Å². The first kappa shape index (κ1) is 19.6. The third-order valence-corrected chi connectivity index (χ3v) is 4.93. The van der Waals surface area contributed by atoms with Crippen LogP contribution in [0, 0.1) is 0 Å². The maximum atomic E-state index is 12.7. The highest BCUT2D eigenvalue weighted by Crippen LogP contribution is 2.25. The Labute approximate surface area is 151 Å². The van der Waals surface area contributed by atoms with Crippen LogP contribution < -0.4 is 10.2 Å². The number of rotatable bonds is 11. The minimum atomic E-state index is 0.113. The number of unbranched alkanes of at least 4 members (excludes halogenated alkanes) is 7. The van der Waals surface area contributed by atoms with Gasteiger partial charge in [0, 0.05) is 11.6 Å². The molecule has 1 aromatic heterocycles. The summed E-state index contributed by atoms with van der Waals surface area (Å²) < 4.78 is 11.1. The Balaban J connectivity index is 1.96. The molecule has 3 nitrogen and oxygen atoms in total. The lowest BCUT2D eigenvalue weighted by atomic mass is 10.0. The van der Waals surface area contributed by atoms with Crippen molar-refractivity contribution < 1.29 is 9.15 Å². The lowest BCUT2D eigenvalue weighted by molar-refractivity contribution is 0.409. The van der Waals surface area contributed by atoms with Crippen LogP contribution in [0.15, 0.2) is 27.6 Å². The fourth-order valence-electron chi connectivity index (χ4n) is 3.33. The smallest absolute Gasteiger partial charge is 0.195 e. The van der Waals surface area contributed by atoms with Crippen LogP contribution in [-0.2, 0) is 12.8 Å². The Morgan fingerprint density at radius 2 is 1.60 bits per heavy atom. The van der Waals surface area contributed by atoms with Gasteiger partial charge in [0.25, 0.3) is 0 Å². The Hall–Kier alpha value is -1.77. The van der Waals surface area contributed by atoms with Gasteiger partial charge < -0.3 is 9.15 Å². The zero-order chi connectivity index (χ0) is 18.1. The van der Waals surface area contributed by atoms with E-state index < -0.39 is 0 Å². The third-order valence-electron chi connectivity index (χ3n) is 4.93. The van der Waals surface area contributed by atoms with Gasteiger partial charge in [0.15, 0.2) is 5.43 Å². The second-order valence-electron chi connectivity index (χ2n) is 6.83. The lowest BCUT2D eigenvalue weighted by Crippen LogP contribution is -2.09. The number of methoxy groups -OCH3 is 1. The molecule has 0 saturated heterocycles. The summed E-state index contributed by atoms with van der Waals surface area (Å²) in [5.41, 5.74) is 2.57. The van der Waals surface area contributed by atoms with E-state index in [1.54, 1.807) is 13.4 Å². The van der Waals surface area contributed by atoms with Crippen molar-refractivity contribution >= 4 is 11.0 Å². The van der Waals surface area contributed by atoms with Gasteiger partial charge >= 0.3 is 0 Å². The van der Waals surface area contributed by atoms with E-state index in [-0.39, 0.29) is 5.43 Å². The summed E-state index contributed by atoms with van der Waals surface area (Å²) in [4.78, 5) is 12.7. The summed E-state index contributed by atoms with van der Waals surface area (Å²) in [7, 11) is 1.65. The summed E-state index contributed by atoms with van der Waals surface area (Å²) in [5, 5.41) is 0.676. The average molecular weight is 344 g/mol. The number of ether oxygens (including phenoxy) is 1. The third kappa shape index (κ3) is 5.35. The van der Waals surface area contributed by atoms with Crippen LogP contribution in [-0.4, -0.2) is 7.11 Å². The first-order valence-electron chi connectivity index (χ1n) is 9.82. The van der Waals surface area contributed by atoms with Crippen LogP contribution in [0.3, 0.4) is 0 Å². The van der Waals surface area contributed by atoms with Crippen LogP contribution in [0.5, 0.6) is 5.75 Å². The molecule has 1 heterocycles. The molecule has 0 N–H and O–H groups in total. The van der Waals surface area contributed by atoms with E-state index in [1.807, 2.05) is 12.1 Å². The predicted octanol–water partition coefficient (Wildman–Crippen LogP) is 6.05. The van der Waals surface area contributed by atoms with Gasteiger partial charge in [-0.15, -0.1) is 0 Å². The molecule has 25 heavy (non-hydrogen) atoms. The molecule has 0 unspecified atom stereocenters. The molecule has 2 rings (SSSR count). The molecule has 0 fully saturated rings. The number of aryl methyl sites for hydroxylation is 2. The van der Waals surface area contributed by atoms with Crippen LogP contribution in [0.2, 0.25) is 0 Å². The Morgan fingerprint density at radius 3 is 2.24 bits per heavy atom. The molecule has 0 amide bonds. The summed E-state index contributed by atoms with van der Waals surface area (Å²) in [6.45, 7) is 4.31. The predicted molar refractivity (Wildman–Crippen MR) is 105 cm³/mol. The van der Waals surface area contributed by atoms with E-state index in [4.69, 9.17) is 9.15 Å². The molecule has 0 radical (unpaired) electrons. The van der Waals surface area contributed by atoms with Crippen molar-refractivity contribution in [3.05, 3.63) is 39.7 Å². The van der Waals surface area contributed by atoms with Gasteiger partial charge in [0.2, 0.25) is 0 Å². The van der Waals surface area contributed by atoms with Crippen molar-refractivity contribution in [2.24, 2.45) is 0 Å².